The number of nitrogens with zero attached hydrogens (tertiary/aromatic N) is 1. The first-order valence-corrected chi connectivity index (χ1v) is 6.38. The molecular formula is C8H8BrN3S2. The maximum atomic E-state index is 5.36. The van der Waals surface area contributed by atoms with E-state index in [1.807, 2.05) is 12.3 Å². The van der Waals surface area contributed by atoms with Crippen molar-refractivity contribution in [3.63, 3.8) is 0 Å². The van der Waals surface area contributed by atoms with Crippen molar-refractivity contribution >= 4 is 43.6 Å². The monoisotopic (exact) mass is 289 g/mol. The van der Waals surface area contributed by atoms with E-state index in [-0.39, 0.29) is 0 Å². The quantitative estimate of drug-likeness (QED) is 0.659. The van der Waals surface area contributed by atoms with Crippen LogP contribution in [0.15, 0.2) is 15.9 Å². The predicted molar refractivity (Wildman–Crippen MR) is 65.7 cm³/mol. The second-order valence-electron chi connectivity index (χ2n) is 2.71. The number of aromatic nitrogens is 1. The molecule has 0 aliphatic carbocycles. The average Bonchev–Trinajstić information content (AvgIpc) is 2.71. The number of hydrazine groups is 1. The summed E-state index contributed by atoms with van der Waals surface area (Å²) in [4.78, 5) is 5.59. The van der Waals surface area contributed by atoms with Gasteiger partial charge in [0.2, 0.25) is 0 Å². The lowest BCUT2D eigenvalue weighted by Gasteiger charge is -1.90. The zero-order chi connectivity index (χ0) is 10.1. The maximum absolute atomic E-state index is 5.36. The molecule has 0 saturated carbocycles. The van der Waals surface area contributed by atoms with Gasteiger partial charge in [-0.05, 0) is 28.9 Å². The van der Waals surface area contributed by atoms with Crippen LogP contribution in [-0.2, 0) is 0 Å². The van der Waals surface area contributed by atoms with Crippen molar-refractivity contribution in [2.45, 2.75) is 6.92 Å². The fourth-order valence-electron chi connectivity index (χ4n) is 1.06. The van der Waals surface area contributed by atoms with E-state index < -0.39 is 0 Å². The van der Waals surface area contributed by atoms with E-state index >= 15 is 0 Å². The van der Waals surface area contributed by atoms with Crippen molar-refractivity contribution < 1.29 is 0 Å². The SMILES string of the molecule is Cc1nc(-c2cc(Br)cs2)sc1NN. The molecule has 3 N–H and O–H groups in total. The molecule has 0 radical (unpaired) electrons. The van der Waals surface area contributed by atoms with Gasteiger partial charge in [0.25, 0.3) is 0 Å². The van der Waals surface area contributed by atoms with E-state index in [0.717, 1.165) is 25.1 Å². The van der Waals surface area contributed by atoms with Crippen molar-refractivity contribution in [2.24, 2.45) is 5.84 Å². The van der Waals surface area contributed by atoms with Gasteiger partial charge in [0, 0.05) is 9.85 Å². The second kappa shape index (κ2) is 3.98. The Morgan fingerprint density at radius 2 is 2.36 bits per heavy atom. The molecule has 0 amide bonds. The maximum Gasteiger partial charge on any atom is 0.135 e. The molecule has 0 saturated heterocycles. The third-order valence-corrected chi connectivity index (χ3v) is 4.65. The van der Waals surface area contributed by atoms with E-state index in [4.69, 9.17) is 5.84 Å². The number of nitrogen functional groups attached to an aromatic ring is 1. The van der Waals surface area contributed by atoms with Crippen molar-refractivity contribution in [2.75, 3.05) is 5.43 Å². The lowest BCUT2D eigenvalue weighted by atomic mass is 10.5. The van der Waals surface area contributed by atoms with Crippen LogP contribution in [0.4, 0.5) is 5.00 Å². The van der Waals surface area contributed by atoms with Crippen LogP contribution in [0.2, 0.25) is 0 Å². The Labute approximate surface area is 98.1 Å². The predicted octanol–water partition coefficient (Wildman–Crippen LogP) is 3.23. The number of thiophene rings is 1. The molecule has 2 aromatic rings. The Balaban J connectivity index is 2.42. The van der Waals surface area contributed by atoms with Crippen LogP contribution in [-0.4, -0.2) is 4.98 Å². The van der Waals surface area contributed by atoms with Crippen LogP contribution in [0.5, 0.6) is 0 Å². The van der Waals surface area contributed by atoms with Gasteiger partial charge in [-0.1, -0.05) is 11.3 Å². The van der Waals surface area contributed by atoms with Crippen LogP contribution in [0.1, 0.15) is 5.69 Å². The molecule has 0 aliphatic heterocycles. The van der Waals surface area contributed by atoms with Crippen LogP contribution in [0.3, 0.4) is 0 Å². The molecule has 0 aromatic carbocycles. The van der Waals surface area contributed by atoms with Crippen molar-refractivity contribution in [1.82, 2.24) is 4.98 Å². The van der Waals surface area contributed by atoms with Crippen LogP contribution in [0, 0.1) is 6.92 Å². The summed E-state index contributed by atoms with van der Waals surface area (Å²) in [6, 6.07) is 2.06. The fourth-order valence-corrected chi connectivity index (χ4v) is 3.43. The van der Waals surface area contributed by atoms with Crippen LogP contribution in [0.25, 0.3) is 9.88 Å². The molecular weight excluding hydrogens is 282 g/mol. The van der Waals surface area contributed by atoms with E-state index in [2.05, 4.69) is 32.4 Å². The summed E-state index contributed by atoms with van der Waals surface area (Å²) in [5.41, 5.74) is 3.58. The minimum atomic E-state index is 0.921. The third-order valence-electron chi connectivity index (χ3n) is 1.71. The summed E-state index contributed by atoms with van der Waals surface area (Å²) < 4.78 is 1.09. The number of hydrogen-bond donors (Lipinski definition) is 2. The number of thiazole rings is 1. The first-order chi connectivity index (χ1) is 6.70. The van der Waals surface area contributed by atoms with E-state index in [1.165, 1.54) is 0 Å². The zero-order valence-corrected chi connectivity index (χ0v) is 10.6. The number of nitrogens with two attached hydrogens (primary N) is 1. The first-order valence-electron chi connectivity index (χ1n) is 3.89. The first kappa shape index (κ1) is 10.1. The van der Waals surface area contributed by atoms with E-state index in [9.17, 15) is 0 Å². The van der Waals surface area contributed by atoms with Gasteiger partial charge in [-0.3, -0.25) is 0 Å². The Morgan fingerprint density at radius 3 is 2.86 bits per heavy atom. The molecule has 3 nitrogen and oxygen atoms in total. The number of anilines is 1. The lowest BCUT2D eigenvalue weighted by Crippen LogP contribution is -2.05. The van der Waals surface area contributed by atoms with Gasteiger partial charge < -0.3 is 5.43 Å². The Kier molecular flexibility index (Phi) is 2.87. The summed E-state index contributed by atoms with van der Waals surface area (Å²) >= 11 is 6.65. The molecule has 2 rings (SSSR count). The smallest absolute Gasteiger partial charge is 0.135 e. The van der Waals surface area contributed by atoms with Gasteiger partial charge in [-0.2, -0.15) is 0 Å². The standard InChI is InChI=1S/C8H8BrN3S2/c1-4-7(12-10)14-8(11-4)6-2-5(9)3-13-6/h2-3,12H,10H2,1H3. The summed E-state index contributed by atoms with van der Waals surface area (Å²) in [6.45, 7) is 1.94. The van der Waals surface area contributed by atoms with Crippen LogP contribution < -0.4 is 11.3 Å². The highest BCUT2D eigenvalue weighted by Gasteiger charge is 2.09. The molecule has 0 unspecified atom stereocenters. The number of halogens is 1. The molecule has 2 aromatic heterocycles. The number of hydrogen-bond acceptors (Lipinski definition) is 5. The summed E-state index contributed by atoms with van der Waals surface area (Å²) in [5.74, 6) is 5.36. The molecule has 2 heterocycles. The van der Waals surface area contributed by atoms with Gasteiger partial charge in [0.1, 0.15) is 10.0 Å². The Hall–Kier alpha value is -0.430. The lowest BCUT2D eigenvalue weighted by molar-refractivity contribution is 1.24. The van der Waals surface area contributed by atoms with Crippen molar-refractivity contribution in [1.29, 1.82) is 0 Å². The van der Waals surface area contributed by atoms with Gasteiger partial charge in [-0.15, -0.1) is 11.3 Å². The molecule has 0 spiro atoms. The van der Waals surface area contributed by atoms with E-state index in [1.54, 1.807) is 22.7 Å². The van der Waals surface area contributed by atoms with Crippen molar-refractivity contribution in [3.8, 4) is 9.88 Å². The van der Waals surface area contributed by atoms with Gasteiger partial charge in [-0.25, -0.2) is 10.8 Å². The molecule has 0 bridgehead atoms. The highest BCUT2D eigenvalue weighted by molar-refractivity contribution is 9.10. The molecule has 74 valence electrons. The molecule has 0 fully saturated rings. The Morgan fingerprint density at radius 1 is 1.57 bits per heavy atom. The highest BCUT2D eigenvalue weighted by Crippen LogP contribution is 2.35. The Bertz CT molecular complexity index is 449. The minimum absolute atomic E-state index is 0.921. The zero-order valence-electron chi connectivity index (χ0n) is 7.37. The number of rotatable bonds is 2. The third kappa shape index (κ3) is 1.83. The summed E-state index contributed by atoms with van der Waals surface area (Å²) in [5, 5.41) is 3.97. The second-order valence-corrected chi connectivity index (χ2v) is 5.53. The normalized spacial score (nSPS) is 10.5. The van der Waals surface area contributed by atoms with Gasteiger partial charge >= 0.3 is 0 Å². The van der Waals surface area contributed by atoms with E-state index in [0.29, 0.717) is 0 Å². The van der Waals surface area contributed by atoms with Gasteiger partial charge in [0.15, 0.2) is 0 Å². The largest absolute Gasteiger partial charge is 0.314 e. The van der Waals surface area contributed by atoms with Gasteiger partial charge in [0.05, 0.1) is 10.6 Å². The number of nitrogens with one attached hydrogen (secondary N) is 1. The minimum Gasteiger partial charge on any atom is -0.314 e. The topological polar surface area (TPSA) is 50.9 Å². The average molecular weight is 290 g/mol. The highest BCUT2D eigenvalue weighted by atomic mass is 79.9. The molecule has 6 heteroatoms. The summed E-state index contributed by atoms with van der Waals surface area (Å²) in [6.07, 6.45) is 0. The number of aryl methyl sites for hydroxylation is 1. The molecule has 0 atom stereocenters. The van der Waals surface area contributed by atoms with Crippen LogP contribution >= 0.6 is 38.6 Å². The fraction of sp³-hybridized carbons (Fsp3) is 0.125. The van der Waals surface area contributed by atoms with Crippen molar-refractivity contribution in [3.05, 3.63) is 21.6 Å². The molecule has 14 heavy (non-hydrogen) atoms. The summed E-state index contributed by atoms with van der Waals surface area (Å²) in [7, 11) is 0. The molecule has 0 aliphatic rings.